The van der Waals surface area contributed by atoms with Crippen molar-refractivity contribution in [3.05, 3.63) is 11.8 Å². The lowest BCUT2D eigenvalue weighted by atomic mass is 10.0. The van der Waals surface area contributed by atoms with Crippen molar-refractivity contribution in [3.63, 3.8) is 0 Å². The zero-order valence-electron chi connectivity index (χ0n) is 7.35. The fourth-order valence-electron chi connectivity index (χ4n) is 1.38. The number of carbonyl (C=O) groups is 1. The Bertz CT molecular complexity index is 201. The van der Waals surface area contributed by atoms with Crippen LogP contribution < -0.4 is 0 Å². The van der Waals surface area contributed by atoms with Crippen LogP contribution in [0, 0.1) is 0 Å². The largest absolute Gasteiger partial charge is 0.319 e. The van der Waals surface area contributed by atoms with Gasteiger partial charge in [0.05, 0.1) is 4.43 Å². The van der Waals surface area contributed by atoms with Gasteiger partial charge in [0, 0.05) is 12.7 Å². The van der Waals surface area contributed by atoms with E-state index in [2.05, 4.69) is 28.7 Å². The molecule has 0 bridgehead atoms. The van der Waals surface area contributed by atoms with E-state index in [1.807, 2.05) is 7.05 Å². The molecular formula is C9H14INO. The molecule has 1 rings (SSSR count). The fourth-order valence-corrected chi connectivity index (χ4v) is 1.89. The van der Waals surface area contributed by atoms with Crippen LogP contribution in [0.2, 0.25) is 0 Å². The predicted molar refractivity (Wildman–Crippen MR) is 58.2 cm³/mol. The smallest absolute Gasteiger partial charge is 0.236 e. The van der Waals surface area contributed by atoms with Gasteiger partial charge in [-0.3, -0.25) is 4.79 Å². The van der Waals surface area contributed by atoms with Crippen molar-refractivity contribution >= 4 is 28.5 Å². The summed E-state index contributed by atoms with van der Waals surface area (Å²) >= 11 is 2.11. The molecule has 0 aromatic rings. The Morgan fingerprint density at radius 3 is 2.92 bits per heavy atom. The summed E-state index contributed by atoms with van der Waals surface area (Å²) in [6.45, 7) is 0. The highest BCUT2D eigenvalue weighted by molar-refractivity contribution is 14.1. The average Bonchev–Trinajstić information content (AvgIpc) is 2.17. The second-order valence-corrected chi connectivity index (χ2v) is 3.79. The highest BCUT2D eigenvalue weighted by Crippen LogP contribution is 2.19. The number of halogens is 1. The molecule has 2 nitrogen and oxygen atoms in total. The first kappa shape index (κ1) is 10.0. The van der Waals surface area contributed by atoms with Crippen LogP contribution in [-0.4, -0.2) is 22.3 Å². The minimum absolute atomic E-state index is 0.212. The van der Waals surface area contributed by atoms with E-state index >= 15 is 0 Å². The Hall–Kier alpha value is -0.0600. The number of hydrogen-bond acceptors (Lipinski definition) is 1. The summed E-state index contributed by atoms with van der Waals surface area (Å²) in [6.07, 6.45) is 6.89. The molecule has 0 fully saturated rings. The molecule has 0 atom stereocenters. The SMILES string of the molecule is CN(C(=O)CI)C1=CCCCC1. The van der Waals surface area contributed by atoms with Crippen molar-refractivity contribution in [1.82, 2.24) is 4.90 Å². The van der Waals surface area contributed by atoms with Crippen LogP contribution in [0.4, 0.5) is 0 Å². The lowest BCUT2D eigenvalue weighted by Gasteiger charge is -2.22. The molecule has 3 heteroatoms. The van der Waals surface area contributed by atoms with Gasteiger partial charge in [0.25, 0.3) is 0 Å². The van der Waals surface area contributed by atoms with Crippen LogP contribution in [-0.2, 0) is 4.79 Å². The van der Waals surface area contributed by atoms with Crippen molar-refractivity contribution < 1.29 is 4.79 Å². The number of carbonyl (C=O) groups excluding carboxylic acids is 1. The number of amides is 1. The van der Waals surface area contributed by atoms with Gasteiger partial charge in [0.1, 0.15) is 0 Å². The summed E-state index contributed by atoms with van der Waals surface area (Å²) in [7, 11) is 1.87. The standard InChI is InChI=1S/C9H14INO/c1-11(9(12)7-10)8-5-3-2-4-6-8/h5H,2-4,6-7H2,1H3. The molecule has 0 spiro atoms. The summed E-state index contributed by atoms with van der Waals surface area (Å²) in [5.74, 6) is 0.212. The molecule has 68 valence electrons. The maximum absolute atomic E-state index is 11.3. The monoisotopic (exact) mass is 279 g/mol. The minimum Gasteiger partial charge on any atom is -0.319 e. The van der Waals surface area contributed by atoms with Crippen LogP contribution in [0.25, 0.3) is 0 Å². The van der Waals surface area contributed by atoms with Gasteiger partial charge < -0.3 is 4.90 Å². The molecule has 0 aliphatic heterocycles. The predicted octanol–water partition coefficient (Wildman–Crippen LogP) is 2.34. The summed E-state index contributed by atoms with van der Waals surface area (Å²) in [6, 6.07) is 0. The minimum atomic E-state index is 0.212. The molecular weight excluding hydrogens is 265 g/mol. The third-order valence-corrected chi connectivity index (χ3v) is 2.84. The molecule has 0 aromatic carbocycles. The zero-order valence-corrected chi connectivity index (χ0v) is 9.50. The van der Waals surface area contributed by atoms with Gasteiger partial charge in [-0.25, -0.2) is 0 Å². The Kier molecular flexibility index (Phi) is 4.05. The maximum atomic E-state index is 11.3. The van der Waals surface area contributed by atoms with E-state index in [0.717, 1.165) is 12.8 Å². The molecule has 0 radical (unpaired) electrons. The molecule has 1 aliphatic rings. The fraction of sp³-hybridized carbons (Fsp3) is 0.667. The molecule has 0 aromatic heterocycles. The number of rotatable bonds is 2. The summed E-state index contributed by atoms with van der Waals surface area (Å²) < 4.78 is 0.575. The quantitative estimate of drug-likeness (QED) is 0.561. The van der Waals surface area contributed by atoms with Gasteiger partial charge in [0.15, 0.2) is 0 Å². The van der Waals surface area contributed by atoms with Crippen LogP contribution >= 0.6 is 22.6 Å². The second kappa shape index (κ2) is 4.84. The molecule has 0 N–H and O–H groups in total. The number of alkyl halides is 1. The number of hydrogen-bond donors (Lipinski definition) is 0. The van der Waals surface area contributed by atoms with E-state index in [4.69, 9.17) is 0 Å². The number of allylic oxidation sites excluding steroid dienone is 2. The van der Waals surface area contributed by atoms with Crippen molar-refractivity contribution in [2.45, 2.75) is 25.7 Å². The lowest BCUT2D eigenvalue weighted by Crippen LogP contribution is -2.27. The van der Waals surface area contributed by atoms with Crippen LogP contribution in [0.5, 0.6) is 0 Å². The molecule has 0 unspecified atom stereocenters. The summed E-state index contributed by atoms with van der Waals surface area (Å²) in [4.78, 5) is 13.1. The Morgan fingerprint density at radius 2 is 2.42 bits per heavy atom. The van der Waals surface area contributed by atoms with Gasteiger partial charge in [-0.05, 0) is 25.7 Å². The second-order valence-electron chi connectivity index (χ2n) is 3.03. The maximum Gasteiger partial charge on any atom is 0.236 e. The van der Waals surface area contributed by atoms with Crippen LogP contribution in [0.3, 0.4) is 0 Å². The summed E-state index contributed by atoms with van der Waals surface area (Å²) in [5.41, 5.74) is 1.21. The van der Waals surface area contributed by atoms with E-state index in [1.54, 1.807) is 4.90 Å². The Morgan fingerprint density at radius 1 is 1.67 bits per heavy atom. The van der Waals surface area contributed by atoms with Crippen molar-refractivity contribution in [1.29, 1.82) is 0 Å². The third-order valence-electron chi connectivity index (χ3n) is 2.19. The van der Waals surface area contributed by atoms with E-state index in [-0.39, 0.29) is 5.91 Å². The van der Waals surface area contributed by atoms with Crippen molar-refractivity contribution in [3.8, 4) is 0 Å². The van der Waals surface area contributed by atoms with Crippen molar-refractivity contribution in [2.75, 3.05) is 11.5 Å². The van der Waals surface area contributed by atoms with E-state index in [0.29, 0.717) is 4.43 Å². The van der Waals surface area contributed by atoms with Crippen LogP contribution in [0.15, 0.2) is 11.8 Å². The zero-order chi connectivity index (χ0) is 8.97. The normalized spacial score (nSPS) is 17.0. The topological polar surface area (TPSA) is 20.3 Å². The van der Waals surface area contributed by atoms with Gasteiger partial charge in [-0.2, -0.15) is 0 Å². The first-order valence-electron chi connectivity index (χ1n) is 4.27. The molecule has 0 saturated heterocycles. The van der Waals surface area contributed by atoms with Gasteiger partial charge >= 0.3 is 0 Å². The van der Waals surface area contributed by atoms with Crippen LogP contribution in [0.1, 0.15) is 25.7 Å². The Labute approximate surface area is 87.1 Å². The Balaban J connectivity index is 2.56. The third kappa shape index (κ3) is 2.47. The molecule has 12 heavy (non-hydrogen) atoms. The van der Waals surface area contributed by atoms with E-state index < -0.39 is 0 Å². The molecule has 1 aliphatic carbocycles. The molecule has 0 saturated carbocycles. The highest BCUT2D eigenvalue weighted by Gasteiger charge is 2.13. The molecule has 0 heterocycles. The van der Waals surface area contributed by atoms with E-state index in [9.17, 15) is 4.79 Å². The van der Waals surface area contributed by atoms with Gasteiger partial charge in [0.2, 0.25) is 5.91 Å². The first-order valence-corrected chi connectivity index (χ1v) is 5.80. The lowest BCUT2D eigenvalue weighted by molar-refractivity contribution is -0.125. The molecule has 1 amide bonds. The first-order chi connectivity index (χ1) is 5.75. The summed E-state index contributed by atoms with van der Waals surface area (Å²) in [5, 5.41) is 0. The van der Waals surface area contributed by atoms with Crippen molar-refractivity contribution in [2.24, 2.45) is 0 Å². The van der Waals surface area contributed by atoms with Gasteiger partial charge in [-0.1, -0.05) is 28.7 Å². The van der Waals surface area contributed by atoms with Gasteiger partial charge in [-0.15, -0.1) is 0 Å². The van der Waals surface area contributed by atoms with E-state index in [1.165, 1.54) is 18.5 Å². The average molecular weight is 279 g/mol. The highest BCUT2D eigenvalue weighted by atomic mass is 127. The number of nitrogens with zero attached hydrogens (tertiary/aromatic N) is 1.